The van der Waals surface area contributed by atoms with E-state index in [0.717, 1.165) is 5.69 Å². The standard InChI is InChI=1S/C16H13ClN4O/c17-12-7-4-8-13(9-12)19-14-10-18-21-15(14)20-16(22)11-5-2-1-3-6-11/h1-10,19H,(H2,18,20,21,22). The Balaban J connectivity index is 1.76. The average Bonchev–Trinajstić information content (AvgIpc) is 2.95. The van der Waals surface area contributed by atoms with Crippen molar-refractivity contribution in [2.75, 3.05) is 10.6 Å². The number of halogens is 1. The van der Waals surface area contributed by atoms with Crippen LogP contribution in [-0.4, -0.2) is 16.1 Å². The number of aromatic nitrogens is 2. The molecule has 0 spiro atoms. The van der Waals surface area contributed by atoms with E-state index in [9.17, 15) is 4.79 Å². The summed E-state index contributed by atoms with van der Waals surface area (Å²) in [4.78, 5) is 12.2. The summed E-state index contributed by atoms with van der Waals surface area (Å²) in [6, 6.07) is 16.3. The summed E-state index contributed by atoms with van der Waals surface area (Å²) in [5, 5.41) is 13.3. The first-order valence-corrected chi connectivity index (χ1v) is 7.02. The van der Waals surface area contributed by atoms with Crippen molar-refractivity contribution in [1.82, 2.24) is 10.2 Å². The molecule has 3 aromatic rings. The van der Waals surface area contributed by atoms with Gasteiger partial charge in [-0.25, -0.2) is 0 Å². The van der Waals surface area contributed by atoms with Crippen LogP contribution in [0.4, 0.5) is 17.2 Å². The van der Waals surface area contributed by atoms with Gasteiger partial charge in [0.1, 0.15) is 5.69 Å². The molecule has 2 aromatic carbocycles. The van der Waals surface area contributed by atoms with Gasteiger partial charge in [0.15, 0.2) is 5.82 Å². The summed E-state index contributed by atoms with van der Waals surface area (Å²) in [5.74, 6) is 0.285. The normalized spacial score (nSPS) is 10.2. The van der Waals surface area contributed by atoms with Crippen LogP contribution in [0, 0.1) is 0 Å². The van der Waals surface area contributed by atoms with Gasteiger partial charge in [0.05, 0.1) is 6.20 Å². The van der Waals surface area contributed by atoms with Crippen LogP contribution in [0.2, 0.25) is 5.02 Å². The summed E-state index contributed by atoms with van der Waals surface area (Å²) < 4.78 is 0. The Hall–Kier alpha value is -2.79. The molecule has 0 aliphatic rings. The molecule has 3 rings (SSSR count). The Bertz CT molecular complexity index is 786. The lowest BCUT2D eigenvalue weighted by Gasteiger charge is -2.08. The molecule has 0 saturated carbocycles. The van der Waals surface area contributed by atoms with Crippen LogP contribution >= 0.6 is 11.6 Å². The first kappa shape index (κ1) is 14.2. The molecule has 110 valence electrons. The largest absolute Gasteiger partial charge is 0.351 e. The van der Waals surface area contributed by atoms with Crippen LogP contribution in [0.3, 0.4) is 0 Å². The number of benzene rings is 2. The van der Waals surface area contributed by atoms with Crippen molar-refractivity contribution in [3.8, 4) is 0 Å². The number of nitrogens with one attached hydrogen (secondary N) is 3. The molecule has 1 aromatic heterocycles. The Morgan fingerprint density at radius 2 is 1.91 bits per heavy atom. The smallest absolute Gasteiger partial charge is 0.256 e. The fourth-order valence-corrected chi connectivity index (χ4v) is 2.16. The molecule has 0 saturated heterocycles. The van der Waals surface area contributed by atoms with Crippen LogP contribution in [0.15, 0.2) is 60.8 Å². The van der Waals surface area contributed by atoms with Crippen molar-refractivity contribution >= 4 is 34.7 Å². The van der Waals surface area contributed by atoms with E-state index in [4.69, 9.17) is 11.6 Å². The Morgan fingerprint density at radius 1 is 1.09 bits per heavy atom. The van der Waals surface area contributed by atoms with Gasteiger partial charge in [-0.15, -0.1) is 0 Å². The summed E-state index contributed by atoms with van der Waals surface area (Å²) in [5.41, 5.74) is 2.04. The molecule has 6 heteroatoms. The van der Waals surface area contributed by atoms with E-state index >= 15 is 0 Å². The van der Waals surface area contributed by atoms with Crippen LogP contribution < -0.4 is 10.6 Å². The number of carbonyl (C=O) groups is 1. The van der Waals surface area contributed by atoms with Gasteiger partial charge in [0, 0.05) is 16.3 Å². The molecule has 22 heavy (non-hydrogen) atoms. The highest BCUT2D eigenvalue weighted by Crippen LogP contribution is 2.25. The third-order valence-electron chi connectivity index (χ3n) is 3.02. The van der Waals surface area contributed by atoms with Crippen LogP contribution in [0.5, 0.6) is 0 Å². The van der Waals surface area contributed by atoms with Crippen molar-refractivity contribution in [1.29, 1.82) is 0 Å². The molecule has 0 unspecified atom stereocenters. The summed E-state index contributed by atoms with van der Waals surface area (Å²) >= 11 is 5.96. The van der Waals surface area contributed by atoms with E-state index in [2.05, 4.69) is 20.8 Å². The molecule has 0 radical (unpaired) electrons. The highest BCUT2D eigenvalue weighted by molar-refractivity contribution is 6.30. The first-order chi connectivity index (χ1) is 10.7. The lowest BCUT2D eigenvalue weighted by Crippen LogP contribution is -2.13. The molecule has 1 heterocycles. The fourth-order valence-electron chi connectivity index (χ4n) is 1.97. The van der Waals surface area contributed by atoms with Gasteiger partial charge in [0.2, 0.25) is 0 Å². The predicted molar refractivity (Wildman–Crippen MR) is 87.7 cm³/mol. The number of H-pyrrole nitrogens is 1. The first-order valence-electron chi connectivity index (χ1n) is 6.65. The maximum Gasteiger partial charge on any atom is 0.256 e. The van der Waals surface area contributed by atoms with Gasteiger partial charge in [-0.05, 0) is 30.3 Å². The number of amides is 1. The van der Waals surface area contributed by atoms with Gasteiger partial charge in [-0.3, -0.25) is 9.89 Å². The lowest BCUT2D eigenvalue weighted by molar-refractivity contribution is 0.102. The zero-order valence-electron chi connectivity index (χ0n) is 11.5. The second-order valence-corrected chi connectivity index (χ2v) is 5.05. The van der Waals surface area contributed by atoms with Gasteiger partial charge >= 0.3 is 0 Å². The average molecular weight is 313 g/mol. The van der Waals surface area contributed by atoms with Crippen LogP contribution in [0.1, 0.15) is 10.4 Å². The number of aromatic amines is 1. The number of hydrogen-bond donors (Lipinski definition) is 3. The minimum atomic E-state index is -0.209. The van der Waals surface area contributed by atoms with E-state index in [1.807, 2.05) is 30.3 Å². The van der Waals surface area contributed by atoms with Gasteiger partial charge < -0.3 is 10.6 Å². The zero-order valence-corrected chi connectivity index (χ0v) is 12.3. The van der Waals surface area contributed by atoms with Crippen molar-refractivity contribution in [2.45, 2.75) is 0 Å². The Labute approximate surface area is 132 Å². The van der Waals surface area contributed by atoms with Crippen molar-refractivity contribution in [3.63, 3.8) is 0 Å². The Morgan fingerprint density at radius 3 is 2.68 bits per heavy atom. The second kappa shape index (κ2) is 6.32. The van der Waals surface area contributed by atoms with Crippen molar-refractivity contribution in [3.05, 3.63) is 71.4 Å². The maximum absolute atomic E-state index is 12.2. The van der Waals surface area contributed by atoms with Crippen LogP contribution in [-0.2, 0) is 0 Å². The molecule has 0 bridgehead atoms. The topological polar surface area (TPSA) is 69.8 Å². The summed E-state index contributed by atoms with van der Waals surface area (Å²) in [6.45, 7) is 0. The number of carbonyl (C=O) groups excluding carboxylic acids is 1. The van der Waals surface area contributed by atoms with Crippen molar-refractivity contribution in [2.24, 2.45) is 0 Å². The van der Waals surface area contributed by atoms with E-state index in [1.54, 1.807) is 30.5 Å². The highest BCUT2D eigenvalue weighted by atomic mass is 35.5. The van der Waals surface area contributed by atoms with E-state index in [-0.39, 0.29) is 5.91 Å². The van der Waals surface area contributed by atoms with E-state index < -0.39 is 0 Å². The highest BCUT2D eigenvalue weighted by Gasteiger charge is 2.11. The Kier molecular flexibility index (Phi) is 4.07. The monoisotopic (exact) mass is 312 g/mol. The second-order valence-electron chi connectivity index (χ2n) is 4.61. The predicted octanol–water partition coefficient (Wildman–Crippen LogP) is 4.06. The summed E-state index contributed by atoms with van der Waals surface area (Å²) in [7, 11) is 0. The number of hydrogen-bond acceptors (Lipinski definition) is 3. The molecule has 3 N–H and O–H groups in total. The molecule has 1 amide bonds. The molecular weight excluding hydrogens is 300 g/mol. The number of nitrogens with zero attached hydrogens (tertiary/aromatic N) is 1. The minimum Gasteiger partial charge on any atom is -0.351 e. The molecular formula is C16H13ClN4O. The SMILES string of the molecule is O=C(Nc1[nH]ncc1Nc1cccc(Cl)c1)c1ccccc1. The van der Waals surface area contributed by atoms with Crippen molar-refractivity contribution < 1.29 is 4.79 Å². The molecule has 0 fully saturated rings. The zero-order chi connectivity index (χ0) is 15.4. The fraction of sp³-hybridized carbons (Fsp3) is 0. The third kappa shape index (κ3) is 3.27. The molecule has 0 aliphatic carbocycles. The number of anilines is 3. The van der Waals surface area contributed by atoms with E-state index in [1.165, 1.54) is 0 Å². The number of rotatable bonds is 4. The summed E-state index contributed by atoms with van der Waals surface area (Å²) in [6.07, 6.45) is 1.60. The quantitative estimate of drug-likeness (QED) is 0.680. The van der Waals surface area contributed by atoms with Gasteiger partial charge in [0.25, 0.3) is 5.91 Å². The van der Waals surface area contributed by atoms with Gasteiger partial charge in [-0.1, -0.05) is 35.9 Å². The third-order valence-corrected chi connectivity index (χ3v) is 3.25. The van der Waals surface area contributed by atoms with Crippen LogP contribution in [0.25, 0.3) is 0 Å². The van der Waals surface area contributed by atoms with Gasteiger partial charge in [-0.2, -0.15) is 5.10 Å². The molecule has 5 nitrogen and oxygen atoms in total. The lowest BCUT2D eigenvalue weighted by atomic mass is 10.2. The molecule has 0 atom stereocenters. The minimum absolute atomic E-state index is 0.209. The van der Waals surface area contributed by atoms with E-state index in [0.29, 0.717) is 22.1 Å². The maximum atomic E-state index is 12.2. The molecule has 0 aliphatic heterocycles.